The number of aryl methyl sites for hydroxylation is 1. The number of para-hydroxylation sites is 1. The molecule has 0 radical (unpaired) electrons. The van der Waals surface area contributed by atoms with Crippen molar-refractivity contribution in [2.75, 3.05) is 11.9 Å². The molecule has 0 spiro atoms. The molecule has 21 heavy (non-hydrogen) atoms. The van der Waals surface area contributed by atoms with Gasteiger partial charge in [0.15, 0.2) is 5.82 Å². The lowest BCUT2D eigenvalue weighted by Crippen LogP contribution is -2.11. The Hall–Kier alpha value is -2.10. The van der Waals surface area contributed by atoms with Crippen LogP contribution in [0.15, 0.2) is 36.4 Å². The van der Waals surface area contributed by atoms with Crippen LogP contribution in [-0.2, 0) is 0 Å². The summed E-state index contributed by atoms with van der Waals surface area (Å²) in [6.07, 6.45) is 0. The maximum absolute atomic E-state index is 14.1. The zero-order valence-corrected chi connectivity index (χ0v) is 12.4. The van der Waals surface area contributed by atoms with Crippen molar-refractivity contribution in [1.29, 1.82) is 0 Å². The van der Waals surface area contributed by atoms with Crippen molar-refractivity contribution >= 4 is 5.69 Å². The molecule has 2 aromatic carbocycles. The van der Waals surface area contributed by atoms with Crippen LogP contribution in [0.4, 0.5) is 14.5 Å². The first-order valence-corrected chi connectivity index (χ1v) is 6.97. The number of anilines is 1. The monoisotopic (exact) mass is 291 g/mol. The molecule has 1 unspecified atom stereocenters. The molecule has 0 heterocycles. The molecule has 1 atom stereocenters. The van der Waals surface area contributed by atoms with Gasteiger partial charge >= 0.3 is 0 Å². The van der Waals surface area contributed by atoms with Gasteiger partial charge in [0.25, 0.3) is 0 Å². The van der Waals surface area contributed by atoms with Crippen molar-refractivity contribution < 1.29 is 13.5 Å². The van der Waals surface area contributed by atoms with Crippen molar-refractivity contribution in [1.82, 2.24) is 0 Å². The van der Waals surface area contributed by atoms with E-state index < -0.39 is 11.6 Å². The summed E-state index contributed by atoms with van der Waals surface area (Å²) in [5, 5.41) is 2.90. The molecule has 0 aromatic heterocycles. The normalized spacial score (nSPS) is 12.0. The van der Waals surface area contributed by atoms with Crippen LogP contribution in [0.3, 0.4) is 0 Å². The summed E-state index contributed by atoms with van der Waals surface area (Å²) in [5.74, 6) is -0.442. The molecule has 0 amide bonds. The maximum Gasteiger partial charge on any atom is 0.152 e. The Bertz CT molecular complexity index is 628. The highest BCUT2D eigenvalue weighted by Crippen LogP contribution is 2.30. The quantitative estimate of drug-likeness (QED) is 0.850. The smallest absolute Gasteiger partial charge is 0.152 e. The fourth-order valence-electron chi connectivity index (χ4n) is 2.21. The van der Waals surface area contributed by atoms with E-state index in [2.05, 4.69) is 5.32 Å². The SMILES string of the molecule is CCOc1ccccc1C(C)Nc1c(F)ccc(C)c1F. The van der Waals surface area contributed by atoms with Crippen molar-refractivity contribution in [2.24, 2.45) is 0 Å². The van der Waals surface area contributed by atoms with Gasteiger partial charge in [0.05, 0.1) is 12.6 Å². The molecule has 2 nitrogen and oxygen atoms in total. The molecule has 1 N–H and O–H groups in total. The van der Waals surface area contributed by atoms with E-state index in [-0.39, 0.29) is 11.7 Å². The summed E-state index contributed by atoms with van der Waals surface area (Å²) in [7, 11) is 0. The predicted octanol–water partition coefficient (Wildman–Crippen LogP) is 4.85. The van der Waals surface area contributed by atoms with E-state index in [9.17, 15) is 8.78 Å². The summed E-state index contributed by atoms with van der Waals surface area (Å²) < 4.78 is 33.4. The molecule has 0 aliphatic carbocycles. The van der Waals surface area contributed by atoms with Gasteiger partial charge in [-0.25, -0.2) is 8.78 Å². The van der Waals surface area contributed by atoms with Crippen LogP contribution in [0, 0.1) is 18.6 Å². The number of hydrogen-bond acceptors (Lipinski definition) is 2. The molecule has 0 fully saturated rings. The average Bonchev–Trinajstić information content (AvgIpc) is 2.48. The third-order valence-corrected chi connectivity index (χ3v) is 3.33. The van der Waals surface area contributed by atoms with E-state index in [1.54, 1.807) is 6.92 Å². The molecule has 0 bridgehead atoms. The zero-order chi connectivity index (χ0) is 15.4. The first-order valence-electron chi connectivity index (χ1n) is 6.97. The van der Waals surface area contributed by atoms with E-state index in [0.717, 1.165) is 5.56 Å². The van der Waals surface area contributed by atoms with E-state index >= 15 is 0 Å². The largest absolute Gasteiger partial charge is 0.494 e. The molecule has 112 valence electrons. The second kappa shape index (κ2) is 6.57. The van der Waals surface area contributed by atoms with Crippen LogP contribution in [0.2, 0.25) is 0 Å². The summed E-state index contributed by atoms with van der Waals surface area (Å²) in [6.45, 7) is 5.89. The van der Waals surface area contributed by atoms with E-state index in [1.807, 2.05) is 38.1 Å². The Morgan fingerprint density at radius 1 is 1.14 bits per heavy atom. The number of nitrogens with one attached hydrogen (secondary N) is 1. The van der Waals surface area contributed by atoms with Crippen LogP contribution in [0.25, 0.3) is 0 Å². The molecule has 4 heteroatoms. The highest BCUT2D eigenvalue weighted by atomic mass is 19.1. The summed E-state index contributed by atoms with van der Waals surface area (Å²) >= 11 is 0. The van der Waals surface area contributed by atoms with Gasteiger partial charge in [-0.05, 0) is 38.5 Å². The van der Waals surface area contributed by atoms with Crippen LogP contribution in [0.5, 0.6) is 5.75 Å². The summed E-state index contributed by atoms with van der Waals surface area (Å²) in [4.78, 5) is 0. The van der Waals surface area contributed by atoms with Gasteiger partial charge in [-0.2, -0.15) is 0 Å². The predicted molar refractivity (Wildman–Crippen MR) is 80.7 cm³/mol. The highest BCUT2D eigenvalue weighted by Gasteiger charge is 2.17. The van der Waals surface area contributed by atoms with Gasteiger partial charge in [-0.3, -0.25) is 0 Å². The van der Waals surface area contributed by atoms with E-state index in [1.165, 1.54) is 12.1 Å². The fourth-order valence-corrected chi connectivity index (χ4v) is 2.21. The Morgan fingerprint density at radius 2 is 1.86 bits per heavy atom. The zero-order valence-electron chi connectivity index (χ0n) is 12.4. The Balaban J connectivity index is 2.31. The molecule has 0 saturated carbocycles. The number of rotatable bonds is 5. The summed E-state index contributed by atoms with van der Waals surface area (Å²) in [6, 6.07) is 9.89. The minimum Gasteiger partial charge on any atom is -0.494 e. The highest BCUT2D eigenvalue weighted by molar-refractivity contribution is 5.51. The number of hydrogen-bond donors (Lipinski definition) is 1. The first kappa shape index (κ1) is 15.3. The molecule has 0 saturated heterocycles. The second-order valence-corrected chi connectivity index (χ2v) is 4.89. The van der Waals surface area contributed by atoms with Gasteiger partial charge in [-0.1, -0.05) is 24.3 Å². The Kier molecular flexibility index (Phi) is 4.78. The average molecular weight is 291 g/mol. The lowest BCUT2D eigenvalue weighted by molar-refractivity contribution is 0.335. The Labute approximate surface area is 123 Å². The Morgan fingerprint density at radius 3 is 2.57 bits per heavy atom. The van der Waals surface area contributed by atoms with Crippen LogP contribution in [0.1, 0.15) is 31.0 Å². The van der Waals surface area contributed by atoms with Gasteiger partial charge in [-0.15, -0.1) is 0 Å². The molecule has 0 aliphatic rings. The van der Waals surface area contributed by atoms with Crippen molar-refractivity contribution in [2.45, 2.75) is 26.8 Å². The lowest BCUT2D eigenvalue weighted by atomic mass is 10.1. The van der Waals surface area contributed by atoms with Crippen LogP contribution in [-0.4, -0.2) is 6.61 Å². The van der Waals surface area contributed by atoms with E-state index in [4.69, 9.17) is 4.74 Å². The first-order chi connectivity index (χ1) is 10.0. The maximum atomic E-state index is 14.1. The van der Waals surface area contributed by atoms with Gasteiger partial charge in [0, 0.05) is 5.56 Å². The van der Waals surface area contributed by atoms with Crippen LogP contribution < -0.4 is 10.1 Å². The molecule has 2 rings (SSSR count). The van der Waals surface area contributed by atoms with Gasteiger partial charge in [0.2, 0.25) is 0 Å². The molecule has 0 aliphatic heterocycles. The minimum atomic E-state index is -0.598. The standard InChI is InChI=1S/C17H19F2NO/c1-4-21-15-8-6-5-7-13(15)12(3)20-17-14(18)10-9-11(2)16(17)19/h5-10,12,20H,4H2,1-3H3. The second-order valence-electron chi connectivity index (χ2n) is 4.89. The fraction of sp³-hybridized carbons (Fsp3) is 0.294. The molecular formula is C17H19F2NO. The molecular weight excluding hydrogens is 272 g/mol. The minimum absolute atomic E-state index is 0.103. The third kappa shape index (κ3) is 3.32. The topological polar surface area (TPSA) is 21.3 Å². The van der Waals surface area contributed by atoms with Crippen molar-refractivity contribution in [3.8, 4) is 5.75 Å². The number of halogens is 2. The van der Waals surface area contributed by atoms with Crippen molar-refractivity contribution in [3.63, 3.8) is 0 Å². The van der Waals surface area contributed by atoms with Gasteiger partial charge < -0.3 is 10.1 Å². The number of benzene rings is 2. The van der Waals surface area contributed by atoms with Crippen LogP contribution >= 0.6 is 0 Å². The lowest BCUT2D eigenvalue weighted by Gasteiger charge is -2.20. The van der Waals surface area contributed by atoms with Crippen molar-refractivity contribution in [3.05, 3.63) is 59.2 Å². The van der Waals surface area contributed by atoms with E-state index in [0.29, 0.717) is 17.9 Å². The number of ether oxygens (including phenoxy) is 1. The molecule has 2 aromatic rings. The van der Waals surface area contributed by atoms with Gasteiger partial charge in [0.1, 0.15) is 17.3 Å². The third-order valence-electron chi connectivity index (χ3n) is 3.33. The summed E-state index contributed by atoms with van der Waals surface area (Å²) in [5.41, 5.74) is 1.16.